The maximum absolute atomic E-state index is 12.6. The standard InChI is InChI=1S/C28H36N4O2/c1-4-9-25-28(23-10-6-5-7-11-23)30-27(34-25)20-32-15-8-14-31(16-17-32)19-26(33)29-24-13-12-21(2)22(3)18-24/h5-7,10-13,18H,4,8-9,14-17,19-20H2,1-3H3,(H,29,33). The SMILES string of the molecule is CCCc1oc(CN2CCCN(CC(=O)Nc3ccc(C)c(C)c3)CC2)nc1-c1ccccc1. The third-order valence-electron chi connectivity index (χ3n) is 6.46. The molecule has 0 radical (unpaired) electrons. The van der Waals surface area contributed by atoms with Crippen LogP contribution in [0.25, 0.3) is 11.3 Å². The van der Waals surface area contributed by atoms with Crippen LogP contribution >= 0.6 is 0 Å². The average Bonchev–Trinajstić information content (AvgIpc) is 3.09. The topological polar surface area (TPSA) is 61.6 Å². The lowest BCUT2D eigenvalue weighted by molar-refractivity contribution is -0.117. The smallest absolute Gasteiger partial charge is 0.238 e. The number of nitrogens with one attached hydrogen (secondary N) is 1. The van der Waals surface area contributed by atoms with Crippen LogP contribution in [0, 0.1) is 13.8 Å². The van der Waals surface area contributed by atoms with Gasteiger partial charge in [-0.3, -0.25) is 14.6 Å². The van der Waals surface area contributed by atoms with Crippen LogP contribution in [-0.2, 0) is 17.8 Å². The van der Waals surface area contributed by atoms with E-state index in [9.17, 15) is 4.79 Å². The van der Waals surface area contributed by atoms with Crippen molar-refractivity contribution in [2.24, 2.45) is 0 Å². The van der Waals surface area contributed by atoms with Crippen molar-refractivity contribution in [3.8, 4) is 11.3 Å². The van der Waals surface area contributed by atoms with Crippen LogP contribution in [0.15, 0.2) is 52.9 Å². The van der Waals surface area contributed by atoms with Gasteiger partial charge in [-0.1, -0.05) is 43.3 Å². The number of hydrogen-bond donors (Lipinski definition) is 1. The van der Waals surface area contributed by atoms with Gasteiger partial charge in [-0.15, -0.1) is 0 Å². The summed E-state index contributed by atoms with van der Waals surface area (Å²) >= 11 is 0. The van der Waals surface area contributed by atoms with E-state index in [0.717, 1.165) is 74.0 Å². The van der Waals surface area contributed by atoms with E-state index in [1.165, 1.54) is 11.1 Å². The van der Waals surface area contributed by atoms with Gasteiger partial charge in [-0.2, -0.15) is 0 Å². The average molecular weight is 461 g/mol. The van der Waals surface area contributed by atoms with Gasteiger partial charge in [0.2, 0.25) is 11.8 Å². The van der Waals surface area contributed by atoms with Gasteiger partial charge in [0.25, 0.3) is 0 Å². The fourth-order valence-corrected chi connectivity index (χ4v) is 4.44. The van der Waals surface area contributed by atoms with Crippen LogP contribution in [0.1, 0.15) is 42.5 Å². The second-order valence-electron chi connectivity index (χ2n) is 9.25. The first-order chi connectivity index (χ1) is 16.5. The number of carbonyl (C=O) groups is 1. The summed E-state index contributed by atoms with van der Waals surface area (Å²) in [5, 5.41) is 3.05. The van der Waals surface area contributed by atoms with E-state index >= 15 is 0 Å². The van der Waals surface area contributed by atoms with E-state index < -0.39 is 0 Å². The molecule has 1 amide bonds. The Labute approximate surface area is 203 Å². The van der Waals surface area contributed by atoms with Crippen LogP contribution in [0.5, 0.6) is 0 Å². The number of oxazole rings is 1. The van der Waals surface area contributed by atoms with Crippen molar-refractivity contribution in [1.29, 1.82) is 0 Å². The summed E-state index contributed by atoms with van der Waals surface area (Å²) < 4.78 is 6.20. The molecule has 1 aliphatic heterocycles. The molecule has 2 aromatic carbocycles. The molecular formula is C28H36N4O2. The lowest BCUT2D eigenvalue weighted by Gasteiger charge is -2.20. The third kappa shape index (κ3) is 6.33. The molecule has 180 valence electrons. The van der Waals surface area contributed by atoms with Gasteiger partial charge in [0, 0.05) is 30.8 Å². The van der Waals surface area contributed by atoms with E-state index in [1.807, 2.05) is 36.4 Å². The van der Waals surface area contributed by atoms with Gasteiger partial charge in [0.05, 0.1) is 13.1 Å². The number of anilines is 1. The zero-order valence-corrected chi connectivity index (χ0v) is 20.6. The quantitative estimate of drug-likeness (QED) is 0.509. The van der Waals surface area contributed by atoms with E-state index in [4.69, 9.17) is 9.40 Å². The third-order valence-corrected chi connectivity index (χ3v) is 6.46. The molecule has 4 rings (SSSR count). The summed E-state index contributed by atoms with van der Waals surface area (Å²) in [6.07, 6.45) is 2.93. The monoisotopic (exact) mass is 460 g/mol. The van der Waals surface area contributed by atoms with Gasteiger partial charge in [-0.25, -0.2) is 4.98 Å². The van der Waals surface area contributed by atoms with Crippen LogP contribution in [0.3, 0.4) is 0 Å². The van der Waals surface area contributed by atoms with E-state index in [1.54, 1.807) is 0 Å². The second-order valence-corrected chi connectivity index (χ2v) is 9.25. The highest BCUT2D eigenvalue weighted by atomic mass is 16.4. The Bertz CT molecular complexity index is 1090. The number of aromatic nitrogens is 1. The normalized spacial score (nSPS) is 15.3. The molecule has 0 aliphatic carbocycles. The summed E-state index contributed by atoms with van der Waals surface area (Å²) in [5.74, 6) is 1.80. The number of nitrogens with zero attached hydrogens (tertiary/aromatic N) is 3. The first-order valence-electron chi connectivity index (χ1n) is 12.4. The molecule has 0 spiro atoms. The molecule has 1 fully saturated rings. The van der Waals surface area contributed by atoms with Gasteiger partial charge < -0.3 is 9.73 Å². The first-order valence-corrected chi connectivity index (χ1v) is 12.4. The number of carbonyl (C=O) groups excluding carboxylic acids is 1. The van der Waals surface area contributed by atoms with Crippen LogP contribution in [0.2, 0.25) is 0 Å². The fraction of sp³-hybridized carbons (Fsp3) is 0.429. The molecule has 1 saturated heterocycles. The van der Waals surface area contributed by atoms with Gasteiger partial charge >= 0.3 is 0 Å². The Hall–Kier alpha value is -2.96. The first kappa shape index (κ1) is 24.2. The molecule has 1 aromatic heterocycles. The summed E-state index contributed by atoms with van der Waals surface area (Å²) in [4.78, 5) is 22.1. The number of aryl methyl sites for hydroxylation is 3. The summed E-state index contributed by atoms with van der Waals surface area (Å²) in [6, 6.07) is 16.3. The molecular weight excluding hydrogens is 424 g/mol. The lowest BCUT2D eigenvalue weighted by Crippen LogP contribution is -2.36. The summed E-state index contributed by atoms with van der Waals surface area (Å²) in [5.41, 5.74) is 5.36. The van der Waals surface area contributed by atoms with Gasteiger partial charge in [-0.05, 0) is 63.0 Å². The highest BCUT2D eigenvalue weighted by Gasteiger charge is 2.20. The van der Waals surface area contributed by atoms with Crippen molar-refractivity contribution in [3.63, 3.8) is 0 Å². The number of benzene rings is 2. The molecule has 6 nitrogen and oxygen atoms in total. The van der Waals surface area contributed by atoms with E-state index in [2.05, 4.69) is 48.0 Å². The summed E-state index contributed by atoms with van der Waals surface area (Å²) in [7, 11) is 0. The molecule has 2 heterocycles. The lowest BCUT2D eigenvalue weighted by atomic mass is 10.1. The second kappa shape index (κ2) is 11.4. The van der Waals surface area contributed by atoms with E-state index in [-0.39, 0.29) is 5.91 Å². The molecule has 1 aliphatic rings. The Morgan fingerprint density at radius 3 is 2.53 bits per heavy atom. The highest BCUT2D eigenvalue weighted by molar-refractivity contribution is 5.92. The predicted octanol–water partition coefficient (Wildman–Crippen LogP) is 5.06. The van der Waals surface area contributed by atoms with Gasteiger partial charge in [0.1, 0.15) is 11.5 Å². The highest BCUT2D eigenvalue weighted by Crippen LogP contribution is 2.26. The maximum Gasteiger partial charge on any atom is 0.238 e. The van der Waals surface area contributed by atoms with Crippen molar-refractivity contribution >= 4 is 11.6 Å². The van der Waals surface area contributed by atoms with Crippen molar-refractivity contribution < 1.29 is 9.21 Å². The van der Waals surface area contributed by atoms with Crippen molar-refractivity contribution in [1.82, 2.24) is 14.8 Å². The van der Waals surface area contributed by atoms with Crippen LogP contribution in [-0.4, -0.2) is 53.4 Å². The largest absolute Gasteiger partial charge is 0.444 e. The zero-order valence-electron chi connectivity index (χ0n) is 20.6. The Kier molecular flexibility index (Phi) is 8.14. The minimum absolute atomic E-state index is 0.0427. The Morgan fingerprint density at radius 2 is 1.76 bits per heavy atom. The molecule has 1 N–H and O–H groups in total. The molecule has 0 saturated carbocycles. The zero-order chi connectivity index (χ0) is 23.9. The maximum atomic E-state index is 12.6. The molecule has 0 atom stereocenters. The minimum Gasteiger partial charge on any atom is -0.444 e. The van der Waals surface area contributed by atoms with Crippen molar-refractivity contribution in [2.45, 2.75) is 46.6 Å². The van der Waals surface area contributed by atoms with Crippen LogP contribution < -0.4 is 5.32 Å². The molecule has 0 bridgehead atoms. The number of amides is 1. The number of hydrogen-bond acceptors (Lipinski definition) is 5. The summed E-state index contributed by atoms with van der Waals surface area (Å²) in [6.45, 7) is 11.1. The van der Waals surface area contributed by atoms with E-state index in [0.29, 0.717) is 13.1 Å². The molecule has 0 unspecified atom stereocenters. The predicted molar refractivity (Wildman–Crippen MR) is 137 cm³/mol. The van der Waals surface area contributed by atoms with Gasteiger partial charge in [0.15, 0.2) is 0 Å². The fourth-order valence-electron chi connectivity index (χ4n) is 4.44. The molecule has 3 aromatic rings. The minimum atomic E-state index is 0.0427. The van der Waals surface area contributed by atoms with Crippen molar-refractivity contribution in [3.05, 3.63) is 71.3 Å². The Morgan fingerprint density at radius 1 is 1.00 bits per heavy atom. The van der Waals surface area contributed by atoms with Crippen LogP contribution in [0.4, 0.5) is 5.69 Å². The molecule has 34 heavy (non-hydrogen) atoms. The molecule has 6 heteroatoms. The Balaban J connectivity index is 1.33. The number of rotatable bonds is 8. The van der Waals surface area contributed by atoms with Crippen molar-refractivity contribution in [2.75, 3.05) is 38.0 Å².